The van der Waals surface area contributed by atoms with Gasteiger partial charge in [0.1, 0.15) is 0 Å². The van der Waals surface area contributed by atoms with Crippen molar-refractivity contribution in [2.45, 2.75) is 38.1 Å². The fourth-order valence-electron chi connectivity index (χ4n) is 3.98. The van der Waals surface area contributed by atoms with Gasteiger partial charge in [-0.05, 0) is 43.2 Å². The minimum absolute atomic E-state index is 0. The summed E-state index contributed by atoms with van der Waals surface area (Å²) in [5, 5.41) is 3.72. The highest BCUT2D eigenvalue weighted by molar-refractivity contribution is 5.85. The Morgan fingerprint density at radius 3 is 2.53 bits per heavy atom. The second-order valence-corrected chi connectivity index (χ2v) is 5.35. The molecule has 2 fully saturated rings. The molecule has 2 bridgehead atoms. The third-order valence-electron chi connectivity index (χ3n) is 4.54. The second kappa shape index (κ2) is 5.41. The maximum atomic E-state index is 3.72. The van der Waals surface area contributed by atoms with Crippen LogP contribution in [0.5, 0.6) is 0 Å². The first kappa shape index (κ1) is 12.9. The van der Waals surface area contributed by atoms with Gasteiger partial charge in [0.25, 0.3) is 0 Å². The Morgan fingerprint density at radius 2 is 1.82 bits per heavy atom. The van der Waals surface area contributed by atoms with E-state index in [-0.39, 0.29) is 12.4 Å². The van der Waals surface area contributed by atoms with Gasteiger partial charge in [-0.1, -0.05) is 37.3 Å². The van der Waals surface area contributed by atoms with Gasteiger partial charge < -0.3 is 5.32 Å². The van der Waals surface area contributed by atoms with Gasteiger partial charge in [-0.2, -0.15) is 0 Å². The SMILES string of the molecule is CCNC1C(c2ccccc2)[C@@H]2CC[C@H]1C2.Cl. The molecule has 2 unspecified atom stereocenters. The lowest BCUT2D eigenvalue weighted by Crippen LogP contribution is -2.39. The first-order chi connectivity index (χ1) is 7.90. The standard InChI is InChI=1S/C15H21N.ClH/c1-2-16-15-13-9-8-12(10-13)14(15)11-6-4-3-5-7-11;/h3-7,12-16H,2,8-10H2,1H3;1H/t12-,13+,14?,15?;/m1./s1. The molecule has 1 N–H and O–H groups in total. The van der Waals surface area contributed by atoms with Gasteiger partial charge in [0.15, 0.2) is 0 Å². The largest absolute Gasteiger partial charge is 0.313 e. The van der Waals surface area contributed by atoms with E-state index in [0.29, 0.717) is 0 Å². The minimum atomic E-state index is 0. The lowest BCUT2D eigenvalue weighted by atomic mass is 9.80. The maximum Gasteiger partial charge on any atom is 0.0167 e. The lowest BCUT2D eigenvalue weighted by Gasteiger charge is -2.32. The summed E-state index contributed by atoms with van der Waals surface area (Å²) in [6, 6.07) is 11.9. The van der Waals surface area contributed by atoms with Crippen molar-refractivity contribution in [2.24, 2.45) is 11.8 Å². The number of likely N-dealkylation sites (N-methyl/N-ethyl adjacent to an activating group) is 1. The molecule has 2 aliphatic rings. The van der Waals surface area contributed by atoms with E-state index >= 15 is 0 Å². The Labute approximate surface area is 110 Å². The summed E-state index contributed by atoms with van der Waals surface area (Å²) in [6.45, 7) is 3.34. The van der Waals surface area contributed by atoms with Crippen molar-refractivity contribution in [2.75, 3.05) is 6.54 Å². The third kappa shape index (κ3) is 2.23. The molecule has 3 rings (SSSR count). The molecular weight excluding hydrogens is 230 g/mol. The van der Waals surface area contributed by atoms with Crippen LogP contribution in [0, 0.1) is 11.8 Å². The molecule has 94 valence electrons. The van der Waals surface area contributed by atoms with Gasteiger partial charge in [-0.25, -0.2) is 0 Å². The molecule has 0 aromatic heterocycles. The number of benzene rings is 1. The second-order valence-electron chi connectivity index (χ2n) is 5.35. The topological polar surface area (TPSA) is 12.0 Å². The average molecular weight is 252 g/mol. The summed E-state index contributed by atoms with van der Waals surface area (Å²) in [6.07, 6.45) is 4.36. The molecule has 1 nitrogen and oxygen atoms in total. The van der Waals surface area contributed by atoms with Crippen LogP contribution in [0.3, 0.4) is 0 Å². The molecular formula is C15H22ClN. The van der Waals surface area contributed by atoms with Crippen LogP contribution in [-0.2, 0) is 0 Å². The van der Waals surface area contributed by atoms with Crippen molar-refractivity contribution in [3.05, 3.63) is 35.9 Å². The molecule has 2 heteroatoms. The summed E-state index contributed by atoms with van der Waals surface area (Å²) in [7, 11) is 0. The Kier molecular flexibility index (Phi) is 4.11. The average Bonchev–Trinajstić information content (AvgIpc) is 2.91. The van der Waals surface area contributed by atoms with Gasteiger partial charge in [-0.15, -0.1) is 12.4 Å². The fraction of sp³-hybridized carbons (Fsp3) is 0.600. The normalized spacial score (nSPS) is 34.6. The van der Waals surface area contributed by atoms with E-state index in [9.17, 15) is 0 Å². The molecule has 2 aliphatic carbocycles. The van der Waals surface area contributed by atoms with Gasteiger partial charge in [-0.3, -0.25) is 0 Å². The van der Waals surface area contributed by atoms with Crippen molar-refractivity contribution in [3.8, 4) is 0 Å². The zero-order chi connectivity index (χ0) is 11.0. The summed E-state index contributed by atoms with van der Waals surface area (Å²) in [4.78, 5) is 0. The van der Waals surface area contributed by atoms with E-state index in [1.54, 1.807) is 5.56 Å². The van der Waals surface area contributed by atoms with E-state index < -0.39 is 0 Å². The Balaban J connectivity index is 0.00000108. The van der Waals surface area contributed by atoms with E-state index in [0.717, 1.165) is 30.3 Å². The maximum absolute atomic E-state index is 3.72. The van der Waals surface area contributed by atoms with Gasteiger partial charge in [0.05, 0.1) is 0 Å². The lowest BCUT2D eigenvalue weighted by molar-refractivity contribution is 0.315. The third-order valence-corrected chi connectivity index (χ3v) is 4.54. The van der Waals surface area contributed by atoms with Crippen molar-refractivity contribution < 1.29 is 0 Å². The van der Waals surface area contributed by atoms with Crippen LogP contribution < -0.4 is 5.32 Å². The molecule has 4 atom stereocenters. The van der Waals surface area contributed by atoms with Crippen molar-refractivity contribution in [1.29, 1.82) is 0 Å². The van der Waals surface area contributed by atoms with Crippen LogP contribution in [0.25, 0.3) is 0 Å². The van der Waals surface area contributed by atoms with Crippen molar-refractivity contribution in [3.63, 3.8) is 0 Å². The zero-order valence-corrected chi connectivity index (χ0v) is 11.2. The van der Waals surface area contributed by atoms with E-state index in [1.165, 1.54) is 19.3 Å². The molecule has 2 saturated carbocycles. The van der Waals surface area contributed by atoms with Crippen LogP contribution in [0.2, 0.25) is 0 Å². The Bertz CT molecular complexity index is 351. The number of halogens is 1. The van der Waals surface area contributed by atoms with Crippen LogP contribution in [-0.4, -0.2) is 12.6 Å². The van der Waals surface area contributed by atoms with E-state index in [2.05, 4.69) is 42.6 Å². The first-order valence-corrected chi connectivity index (χ1v) is 6.68. The van der Waals surface area contributed by atoms with Crippen LogP contribution in [0.4, 0.5) is 0 Å². The molecule has 0 spiro atoms. The van der Waals surface area contributed by atoms with Crippen LogP contribution in [0.15, 0.2) is 30.3 Å². The Morgan fingerprint density at radius 1 is 1.12 bits per heavy atom. The predicted octanol–water partition coefficient (Wildman–Crippen LogP) is 3.60. The summed E-state index contributed by atoms with van der Waals surface area (Å²) < 4.78 is 0. The molecule has 17 heavy (non-hydrogen) atoms. The Hall–Kier alpha value is -0.530. The minimum Gasteiger partial charge on any atom is -0.313 e. The van der Waals surface area contributed by atoms with Crippen LogP contribution in [0.1, 0.15) is 37.7 Å². The summed E-state index contributed by atoms with van der Waals surface area (Å²) in [5.74, 6) is 2.66. The molecule has 0 radical (unpaired) electrons. The fourth-order valence-corrected chi connectivity index (χ4v) is 3.98. The van der Waals surface area contributed by atoms with Crippen LogP contribution >= 0.6 is 12.4 Å². The number of nitrogens with one attached hydrogen (secondary N) is 1. The number of rotatable bonds is 3. The quantitative estimate of drug-likeness (QED) is 0.866. The first-order valence-electron chi connectivity index (χ1n) is 6.68. The van der Waals surface area contributed by atoms with Gasteiger partial charge in [0.2, 0.25) is 0 Å². The molecule has 1 aromatic carbocycles. The van der Waals surface area contributed by atoms with E-state index in [4.69, 9.17) is 0 Å². The highest BCUT2D eigenvalue weighted by atomic mass is 35.5. The zero-order valence-electron chi connectivity index (χ0n) is 10.4. The smallest absolute Gasteiger partial charge is 0.0167 e. The predicted molar refractivity (Wildman–Crippen MR) is 74.7 cm³/mol. The molecule has 0 aliphatic heterocycles. The summed E-state index contributed by atoms with van der Waals surface area (Å²) in [5.41, 5.74) is 1.56. The van der Waals surface area contributed by atoms with Crippen molar-refractivity contribution in [1.82, 2.24) is 5.32 Å². The van der Waals surface area contributed by atoms with E-state index in [1.807, 2.05) is 0 Å². The molecule has 0 saturated heterocycles. The highest BCUT2D eigenvalue weighted by Gasteiger charge is 2.47. The molecule has 0 heterocycles. The number of hydrogen-bond acceptors (Lipinski definition) is 1. The number of hydrogen-bond donors (Lipinski definition) is 1. The molecule has 0 amide bonds. The summed E-state index contributed by atoms with van der Waals surface area (Å²) >= 11 is 0. The molecule has 1 aromatic rings. The highest BCUT2D eigenvalue weighted by Crippen LogP contribution is 2.52. The van der Waals surface area contributed by atoms with Gasteiger partial charge in [0, 0.05) is 12.0 Å². The monoisotopic (exact) mass is 251 g/mol. The van der Waals surface area contributed by atoms with Crippen molar-refractivity contribution >= 4 is 12.4 Å². The number of fused-ring (bicyclic) bond motifs is 2. The van der Waals surface area contributed by atoms with Gasteiger partial charge >= 0.3 is 0 Å².